The van der Waals surface area contributed by atoms with Gasteiger partial charge in [0.1, 0.15) is 0 Å². The number of Topliss-reactive ketones (excluding diaryl/α,β-unsaturated/α-hetero) is 1. The topological polar surface area (TPSA) is 17.1 Å². The maximum Gasteiger partial charge on any atom is 0.163 e. The first-order valence-corrected chi connectivity index (χ1v) is 7.64. The van der Waals surface area contributed by atoms with Gasteiger partial charge in [-0.3, -0.25) is 4.79 Å². The molecule has 0 amide bonds. The second-order valence-electron chi connectivity index (χ2n) is 6.72. The standard InChI is InChI=1S/C17H25BrO/c1-10-8-11(2)16(18)13(4)15(10)14(19)9-12(3)17(5,6)7/h8,12H,9H2,1-7H3. The zero-order valence-electron chi connectivity index (χ0n) is 13.1. The van der Waals surface area contributed by atoms with Crippen molar-refractivity contribution in [3.63, 3.8) is 0 Å². The number of rotatable bonds is 3. The molecule has 19 heavy (non-hydrogen) atoms. The van der Waals surface area contributed by atoms with E-state index in [4.69, 9.17) is 0 Å². The lowest BCUT2D eigenvalue weighted by Crippen LogP contribution is -2.21. The van der Waals surface area contributed by atoms with Crippen LogP contribution in [0.2, 0.25) is 0 Å². The molecule has 0 spiro atoms. The van der Waals surface area contributed by atoms with Crippen LogP contribution in [0.15, 0.2) is 10.5 Å². The van der Waals surface area contributed by atoms with Crippen molar-refractivity contribution in [1.82, 2.24) is 0 Å². The van der Waals surface area contributed by atoms with E-state index >= 15 is 0 Å². The maximum atomic E-state index is 12.6. The minimum atomic E-state index is 0.166. The molecule has 0 fully saturated rings. The molecule has 0 aliphatic heterocycles. The summed E-state index contributed by atoms with van der Waals surface area (Å²) in [4.78, 5) is 12.6. The highest BCUT2D eigenvalue weighted by Gasteiger charge is 2.25. The van der Waals surface area contributed by atoms with Crippen LogP contribution in [0.3, 0.4) is 0 Å². The summed E-state index contributed by atoms with van der Waals surface area (Å²) in [5.74, 6) is 0.636. The summed E-state index contributed by atoms with van der Waals surface area (Å²) < 4.78 is 1.06. The number of ketones is 1. The molecule has 0 N–H and O–H groups in total. The van der Waals surface area contributed by atoms with Crippen LogP contribution >= 0.6 is 15.9 Å². The molecule has 0 saturated carbocycles. The summed E-state index contributed by atoms with van der Waals surface area (Å²) in [7, 11) is 0. The zero-order valence-corrected chi connectivity index (χ0v) is 14.7. The number of aryl methyl sites for hydroxylation is 2. The maximum absolute atomic E-state index is 12.6. The van der Waals surface area contributed by atoms with Gasteiger partial charge in [-0.05, 0) is 48.8 Å². The first-order chi connectivity index (χ1) is 8.55. The Hall–Kier alpha value is -0.630. The first-order valence-electron chi connectivity index (χ1n) is 6.85. The van der Waals surface area contributed by atoms with Crippen molar-refractivity contribution in [3.8, 4) is 0 Å². The quantitative estimate of drug-likeness (QED) is 0.658. The Morgan fingerprint density at radius 3 is 2.21 bits per heavy atom. The molecular formula is C17H25BrO. The number of carbonyl (C=O) groups is 1. The molecule has 0 heterocycles. The Labute approximate surface area is 125 Å². The highest BCUT2D eigenvalue weighted by atomic mass is 79.9. The Morgan fingerprint density at radius 1 is 1.21 bits per heavy atom. The molecule has 0 radical (unpaired) electrons. The van der Waals surface area contributed by atoms with Crippen molar-refractivity contribution in [2.24, 2.45) is 11.3 Å². The van der Waals surface area contributed by atoms with Gasteiger partial charge in [-0.15, -0.1) is 0 Å². The summed E-state index contributed by atoms with van der Waals surface area (Å²) in [6.07, 6.45) is 0.612. The third kappa shape index (κ3) is 3.68. The molecule has 0 aliphatic carbocycles. The van der Waals surface area contributed by atoms with E-state index in [1.165, 1.54) is 5.56 Å². The molecule has 106 valence electrons. The van der Waals surface area contributed by atoms with Gasteiger partial charge in [0, 0.05) is 16.5 Å². The van der Waals surface area contributed by atoms with Crippen molar-refractivity contribution in [1.29, 1.82) is 0 Å². The van der Waals surface area contributed by atoms with Crippen molar-refractivity contribution >= 4 is 21.7 Å². The van der Waals surface area contributed by atoms with E-state index in [0.717, 1.165) is 21.2 Å². The van der Waals surface area contributed by atoms with Crippen molar-refractivity contribution in [2.75, 3.05) is 0 Å². The fraction of sp³-hybridized carbons (Fsp3) is 0.588. The molecule has 0 aliphatic rings. The number of halogens is 1. The van der Waals surface area contributed by atoms with E-state index in [1.54, 1.807) is 0 Å². The molecule has 0 bridgehead atoms. The highest BCUT2D eigenvalue weighted by molar-refractivity contribution is 9.10. The van der Waals surface area contributed by atoms with Crippen molar-refractivity contribution in [2.45, 2.75) is 54.9 Å². The van der Waals surface area contributed by atoms with E-state index in [9.17, 15) is 4.79 Å². The smallest absolute Gasteiger partial charge is 0.163 e. The summed E-state index contributed by atoms with van der Waals surface area (Å²) in [5, 5.41) is 0. The largest absolute Gasteiger partial charge is 0.294 e. The van der Waals surface area contributed by atoms with Crippen LogP contribution < -0.4 is 0 Å². The van der Waals surface area contributed by atoms with Crippen LogP contribution in [0.25, 0.3) is 0 Å². The predicted molar refractivity (Wildman–Crippen MR) is 85.9 cm³/mol. The lowest BCUT2D eigenvalue weighted by molar-refractivity contribution is 0.0926. The Bertz CT molecular complexity index is 495. The highest BCUT2D eigenvalue weighted by Crippen LogP contribution is 2.32. The van der Waals surface area contributed by atoms with Gasteiger partial charge >= 0.3 is 0 Å². The monoisotopic (exact) mass is 324 g/mol. The summed E-state index contributed by atoms with van der Waals surface area (Å²) in [6.45, 7) is 14.9. The number of hydrogen-bond acceptors (Lipinski definition) is 1. The third-order valence-electron chi connectivity index (χ3n) is 4.13. The number of benzene rings is 1. The summed E-state index contributed by atoms with van der Waals surface area (Å²) in [6, 6.07) is 2.09. The molecule has 0 saturated heterocycles. The Kier molecular flexibility index (Phi) is 5.00. The molecule has 1 rings (SSSR count). The fourth-order valence-electron chi connectivity index (χ4n) is 2.28. The van der Waals surface area contributed by atoms with E-state index in [1.807, 2.05) is 13.8 Å². The molecule has 1 aromatic carbocycles. The molecule has 1 nitrogen and oxygen atoms in total. The second kappa shape index (κ2) is 5.78. The van der Waals surface area contributed by atoms with Gasteiger partial charge in [0.25, 0.3) is 0 Å². The van der Waals surface area contributed by atoms with E-state index in [2.05, 4.69) is 56.6 Å². The SMILES string of the molecule is Cc1cc(C)c(C(=O)CC(C)C(C)(C)C)c(C)c1Br. The van der Waals surface area contributed by atoms with Crippen LogP contribution in [-0.2, 0) is 0 Å². The second-order valence-corrected chi connectivity index (χ2v) is 7.51. The zero-order chi connectivity index (χ0) is 15.0. The normalized spacial score (nSPS) is 13.5. The molecule has 1 aromatic rings. The third-order valence-corrected chi connectivity index (χ3v) is 5.35. The molecular weight excluding hydrogens is 300 g/mol. The van der Waals surface area contributed by atoms with Gasteiger partial charge < -0.3 is 0 Å². The van der Waals surface area contributed by atoms with Gasteiger partial charge in [-0.2, -0.15) is 0 Å². The Morgan fingerprint density at radius 2 is 1.74 bits per heavy atom. The number of carbonyl (C=O) groups excluding carboxylic acids is 1. The van der Waals surface area contributed by atoms with E-state index in [0.29, 0.717) is 12.3 Å². The summed E-state index contributed by atoms with van der Waals surface area (Å²) in [5.41, 5.74) is 4.41. The van der Waals surface area contributed by atoms with Gasteiger partial charge in [0.2, 0.25) is 0 Å². The molecule has 1 atom stereocenters. The van der Waals surface area contributed by atoms with Crippen LogP contribution in [0.4, 0.5) is 0 Å². The van der Waals surface area contributed by atoms with Crippen LogP contribution in [0.5, 0.6) is 0 Å². The fourth-order valence-corrected chi connectivity index (χ4v) is 2.59. The van der Waals surface area contributed by atoms with Crippen LogP contribution in [0.1, 0.15) is 61.2 Å². The summed E-state index contributed by atoms with van der Waals surface area (Å²) >= 11 is 3.59. The van der Waals surface area contributed by atoms with Crippen molar-refractivity contribution in [3.05, 3.63) is 32.8 Å². The van der Waals surface area contributed by atoms with Gasteiger partial charge in [-0.25, -0.2) is 0 Å². The van der Waals surface area contributed by atoms with E-state index in [-0.39, 0.29) is 11.2 Å². The minimum absolute atomic E-state index is 0.166. The minimum Gasteiger partial charge on any atom is -0.294 e. The predicted octanol–water partition coefficient (Wildman–Crippen LogP) is 5.63. The lowest BCUT2D eigenvalue weighted by atomic mass is 9.78. The molecule has 2 heteroatoms. The van der Waals surface area contributed by atoms with Crippen molar-refractivity contribution < 1.29 is 4.79 Å². The molecule has 0 aromatic heterocycles. The first kappa shape index (κ1) is 16.4. The Balaban J connectivity index is 3.11. The van der Waals surface area contributed by atoms with Crippen LogP contribution in [-0.4, -0.2) is 5.78 Å². The van der Waals surface area contributed by atoms with Crippen LogP contribution in [0, 0.1) is 32.1 Å². The lowest BCUT2D eigenvalue weighted by Gasteiger charge is -2.27. The average Bonchev–Trinajstić information content (AvgIpc) is 2.24. The van der Waals surface area contributed by atoms with Gasteiger partial charge in [0.15, 0.2) is 5.78 Å². The molecule has 1 unspecified atom stereocenters. The average molecular weight is 325 g/mol. The van der Waals surface area contributed by atoms with Gasteiger partial charge in [0.05, 0.1) is 0 Å². The van der Waals surface area contributed by atoms with E-state index < -0.39 is 0 Å². The van der Waals surface area contributed by atoms with Gasteiger partial charge in [-0.1, -0.05) is 49.7 Å². The number of hydrogen-bond donors (Lipinski definition) is 0.